The summed E-state index contributed by atoms with van der Waals surface area (Å²) in [4.78, 5) is 14.0. The number of likely N-dealkylation sites (N-methyl/N-ethyl adjacent to an activating group) is 1. The molecule has 1 aromatic carbocycles. The van der Waals surface area contributed by atoms with E-state index < -0.39 is 0 Å². The van der Waals surface area contributed by atoms with Crippen molar-refractivity contribution in [1.29, 1.82) is 0 Å². The zero-order chi connectivity index (χ0) is 16.6. The van der Waals surface area contributed by atoms with E-state index in [0.29, 0.717) is 31.5 Å². The second-order valence-electron chi connectivity index (χ2n) is 4.79. The average molecular weight is 366 g/mol. The van der Waals surface area contributed by atoms with Crippen molar-refractivity contribution < 1.29 is 13.9 Å². The lowest BCUT2D eigenvalue weighted by Gasteiger charge is -2.06. The molecule has 1 fully saturated rings. The van der Waals surface area contributed by atoms with E-state index in [1.807, 2.05) is 6.07 Å². The third-order valence-corrected chi connectivity index (χ3v) is 5.03. The fourth-order valence-electron chi connectivity index (χ4n) is 2.12. The highest BCUT2D eigenvalue weighted by Crippen LogP contribution is 2.35. The number of furan rings is 1. The van der Waals surface area contributed by atoms with Crippen molar-refractivity contribution >= 4 is 51.9 Å². The maximum atomic E-state index is 12.0. The first-order chi connectivity index (χ1) is 11.0. The Bertz CT molecular complexity index is 828. The molecule has 1 amide bonds. The number of hydrogen-bond acceptors (Lipinski definition) is 5. The molecule has 7 heteroatoms. The van der Waals surface area contributed by atoms with E-state index in [0.717, 1.165) is 5.56 Å². The van der Waals surface area contributed by atoms with E-state index in [-0.39, 0.29) is 5.91 Å². The molecule has 1 aliphatic rings. The van der Waals surface area contributed by atoms with Crippen LogP contribution in [-0.4, -0.2) is 29.3 Å². The average Bonchev–Trinajstić information content (AvgIpc) is 3.09. The van der Waals surface area contributed by atoms with Crippen LogP contribution in [0.2, 0.25) is 5.02 Å². The van der Waals surface area contributed by atoms with Crippen LogP contribution in [0.4, 0.5) is 0 Å². The number of benzene rings is 1. The number of halogens is 1. The molecule has 118 valence electrons. The first-order valence-electron chi connectivity index (χ1n) is 6.65. The summed E-state index contributed by atoms with van der Waals surface area (Å²) < 4.78 is 11.7. The summed E-state index contributed by atoms with van der Waals surface area (Å²) in [5, 5.41) is 0.589. The molecule has 0 aliphatic carbocycles. The van der Waals surface area contributed by atoms with Crippen molar-refractivity contribution in [3.05, 3.63) is 46.0 Å². The van der Waals surface area contributed by atoms with Gasteiger partial charge in [-0.2, -0.15) is 0 Å². The predicted molar refractivity (Wildman–Crippen MR) is 96.6 cm³/mol. The molecule has 0 atom stereocenters. The third-order valence-electron chi connectivity index (χ3n) is 3.31. The number of carbonyl (C=O) groups is 1. The number of hydrogen-bond donors (Lipinski definition) is 0. The van der Waals surface area contributed by atoms with Gasteiger partial charge in [-0.05, 0) is 30.3 Å². The summed E-state index contributed by atoms with van der Waals surface area (Å²) in [6.07, 6.45) is 1.68. The lowest BCUT2D eigenvalue weighted by atomic mass is 10.1. The molecule has 3 rings (SSSR count). The van der Waals surface area contributed by atoms with Crippen LogP contribution >= 0.6 is 35.6 Å². The number of methoxy groups -OCH3 is 1. The van der Waals surface area contributed by atoms with E-state index in [2.05, 4.69) is 0 Å². The van der Waals surface area contributed by atoms with Crippen molar-refractivity contribution in [3.8, 4) is 17.1 Å². The Balaban J connectivity index is 1.94. The highest BCUT2D eigenvalue weighted by Gasteiger charge is 2.29. The number of ether oxygens (including phenoxy) is 1. The molecule has 2 heterocycles. The SMILES string of the molecule is COc1ccc(Cl)cc1-c1ccc(C=C2SC(=S)N(C)C2=O)o1. The van der Waals surface area contributed by atoms with Crippen LogP contribution in [0.15, 0.2) is 39.7 Å². The zero-order valence-electron chi connectivity index (χ0n) is 12.3. The van der Waals surface area contributed by atoms with Gasteiger partial charge in [0.15, 0.2) is 0 Å². The van der Waals surface area contributed by atoms with Gasteiger partial charge in [0, 0.05) is 18.1 Å². The summed E-state index contributed by atoms with van der Waals surface area (Å²) in [5.41, 5.74) is 0.752. The number of rotatable bonds is 3. The Morgan fingerprint density at radius 2 is 2.13 bits per heavy atom. The number of carbonyl (C=O) groups excluding carboxylic acids is 1. The van der Waals surface area contributed by atoms with Crippen molar-refractivity contribution in [2.24, 2.45) is 0 Å². The summed E-state index contributed by atoms with van der Waals surface area (Å²) in [6.45, 7) is 0. The maximum absolute atomic E-state index is 12.0. The van der Waals surface area contributed by atoms with Gasteiger partial charge in [-0.15, -0.1) is 0 Å². The highest BCUT2D eigenvalue weighted by molar-refractivity contribution is 8.26. The molecule has 1 aromatic heterocycles. The van der Waals surface area contributed by atoms with Gasteiger partial charge in [-0.1, -0.05) is 35.6 Å². The summed E-state index contributed by atoms with van der Waals surface area (Å²) in [7, 11) is 3.24. The molecule has 1 aliphatic heterocycles. The molecule has 0 N–H and O–H groups in total. The molecule has 0 unspecified atom stereocenters. The van der Waals surface area contributed by atoms with Gasteiger partial charge in [-0.3, -0.25) is 9.69 Å². The van der Waals surface area contributed by atoms with Crippen molar-refractivity contribution in [2.75, 3.05) is 14.2 Å². The van der Waals surface area contributed by atoms with E-state index in [4.69, 9.17) is 33.0 Å². The Morgan fingerprint density at radius 3 is 2.78 bits per heavy atom. The lowest BCUT2D eigenvalue weighted by Crippen LogP contribution is -2.22. The largest absolute Gasteiger partial charge is 0.496 e. The van der Waals surface area contributed by atoms with Gasteiger partial charge in [0.2, 0.25) is 0 Å². The van der Waals surface area contributed by atoms with Gasteiger partial charge in [-0.25, -0.2) is 0 Å². The van der Waals surface area contributed by atoms with E-state index in [1.165, 1.54) is 16.7 Å². The van der Waals surface area contributed by atoms with Crippen molar-refractivity contribution in [1.82, 2.24) is 4.90 Å². The normalized spacial score (nSPS) is 16.5. The van der Waals surface area contributed by atoms with Crippen LogP contribution in [0.1, 0.15) is 5.76 Å². The van der Waals surface area contributed by atoms with Crippen molar-refractivity contribution in [3.63, 3.8) is 0 Å². The second-order valence-corrected chi connectivity index (χ2v) is 6.90. The smallest absolute Gasteiger partial charge is 0.266 e. The molecule has 0 radical (unpaired) electrons. The van der Waals surface area contributed by atoms with Crippen LogP contribution in [0, 0.1) is 0 Å². The minimum atomic E-state index is -0.127. The van der Waals surface area contributed by atoms with Crippen molar-refractivity contribution in [2.45, 2.75) is 0 Å². The Hall–Kier alpha value is -1.76. The van der Waals surface area contributed by atoms with Gasteiger partial charge in [0.25, 0.3) is 5.91 Å². The topological polar surface area (TPSA) is 42.7 Å². The van der Waals surface area contributed by atoms with Crippen LogP contribution < -0.4 is 4.74 Å². The van der Waals surface area contributed by atoms with Crippen LogP contribution in [0.25, 0.3) is 17.4 Å². The minimum Gasteiger partial charge on any atom is -0.496 e. The molecule has 1 saturated heterocycles. The predicted octanol–water partition coefficient (Wildman–Crippen LogP) is 4.44. The lowest BCUT2D eigenvalue weighted by molar-refractivity contribution is -0.121. The van der Waals surface area contributed by atoms with Crippen LogP contribution in [0.5, 0.6) is 5.75 Å². The van der Waals surface area contributed by atoms with E-state index in [9.17, 15) is 4.79 Å². The monoisotopic (exact) mass is 365 g/mol. The molecule has 0 bridgehead atoms. The molecular weight excluding hydrogens is 354 g/mol. The zero-order valence-corrected chi connectivity index (χ0v) is 14.7. The van der Waals surface area contributed by atoms with Gasteiger partial charge in [0.1, 0.15) is 21.6 Å². The van der Waals surface area contributed by atoms with Crippen LogP contribution in [-0.2, 0) is 4.79 Å². The fourth-order valence-corrected chi connectivity index (χ4v) is 3.45. The summed E-state index contributed by atoms with van der Waals surface area (Å²) >= 11 is 12.4. The molecule has 0 spiro atoms. The standard InChI is InChI=1S/C16H12ClNO3S2/c1-18-15(19)14(23-16(18)22)8-10-4-6-13(21-10)11-7-9(17)3-5-12(11)20-2/h3-8H,1-2H3. The van der Waals surface area contributed by atoms with Gasteiger partial charge >= 0.3 is 0 Å². The number of nitrogens with zero attached hydrogens (tertiary/aromatic N) is 1. The third kappa shape index (κ3) is 3.15. The Labute approximate surface area is 148 Å². The second kappa shape index (κ2) is 6.39. The summed E-state index contributed by atoms with van der Waals surface area (Å²) in [6, 6.07) is 8.90. The minimum absolute atomic E-state index is 0.127. The molecule has 23 heavy (non-hydrogen) atoms. The molecule has 2 aromatic rings. The molecule has 0 saturated carbocycles. The van der Waals surface area contributed by atoms with Gasteiger partial charge < -0.3 is 9.15 Å². The fraction of sp³-hybridized carbons (Fsp3) is 0.125. The van der Waals surface area contributed by atoms with E-state index in [1.54, 1.807) is 44.5 Å². The molecule has 4 nitrogen and oxygen atoms in total. The summed E-state index contributed by atoms with van der Waals surface area (Å²) in [5.74, 6) is 1.71. The number of thiocarbonyl (C=S) groups is 1. The first-order valence-corrected chi connectivity index (χ1v) is 8.25. The van der Waals surface area contributed by atoms with E-state index >= 15 is 0 Å². The highest BCUT2D eigenvalue weighted by atomic mass is 35.5. The quantitative estimate of drug-likeness (QED) is 0.594. The Morgan fingerprint density at radius 1 is 1.35 bits per heavy atom. The molecular formula is C16H12ClNO3S2. The number of thioether (sulfide) groups is 1. The Kier molecular flexibility index (Phi) is 4.48. The first kappa shape index (κ1) is 16.1. The van der Waals surface area contributed by atoms with Crippen LogP contribution in [0.3, 0.4) is 0 Å². The van der Waals surface area contributed by atoms with Gasteiger partial charge in [0.05, 0.1) is 17.6 Å². The maximum Gasteiger partial charge on any atom is 0.266 e. The number of amides is 1.